The number of likely N-dealkylation sites (tertiary alicyclic amines) is 1. The van der Waals surface area contributed by atoms with Crippen molar-refractivity contribution in [2.75, 3.05) is 27.2 Å². The minimum atomic E-state index is -0.319. The fourth-order valence-electron chi connectivity index (χ4n) is 4.32. The van der Waals surface area contributed by atoms with Crippen molar-refractivity contribution in [3.8, 4) is 5.75 Å². The zero-order chi connectivity index (χ0) is 21.8. The number of methoxy groups -OCH3 is 1. The van der Waals surface area contributed by atoms with Crippen LogP contribution in [0.3, 0.4) is 0 Å². The summed E-state index contributed by atoms with van der Waals surface area (Å²) in [4.78, 5) is 6.70. The van der Waals surface area contributed by atoms with Gasteiger partial charge in [-0.2, -0.15) is 0 Å². The smallest absolute Gasteiger partial charge is 0.191 e. The predicted octanol–water partition coefficient (Wildman–Crippen LogP) is 3.66. The van der Waals surface area contributed by atoms with E-state index in [1.165, 1.54) is 13.2 Å². The van der Waals surface area contributed by atoms with Crippen molar-refractivity contribution >= 4 is 5.96 Å². The van der Waals surface area contributed by atoms with Crippen molar-refractivity contribution in [3.05, 3.63) is 65.2 Å². The molecular weight excluding hydrogens is 398 g/mol. The molecular formula is C24H30F2N4O. The van der Waals surface area contributed by atoms with Gasteiger partial charge in [-0.3, -0.25) is 9.89 Å². The second-order valence-electron chi connectivity index (χ2n) is 8.35. The van der Waals surface area contributed by atoms with Gasteiger partial charge in [0.1, 0.15) is 5.82 Å². The Kier molecular flexibility index (Phi) is 6.70. The minimum Gasteiger partial charge on any atom is -0.494 e. The van der Waals surface area contributed by atoms with Crippen LogP contribution in [-0.2, 0) is 6.54 Å². The third kappa shape index (κ3) is 5.34. The number of guanidine groups is 1. The van der Waals surface area contributed by atoms with Crippen molar-refractivity contribution in [1.29, 1.82) is 0 Å². The molecule has 31 heavy (non-hydrogen) atoms. The molecule has 1 aliphatic heterocycles. The highest BCUT2D eigenvalue weighted by Gasteiger charge is 2.40. The first-order chi connectivity index (χ1) is 15.1. The van der Waals surface area contributed by atoms with Gasteiger partial charge in [0, 0.05) is 44.7 Å². The van der Waals surface area contributed by atoms with Crippen LogP contribution in [0.4, 0.5) is 8.78 Å². The Hall–Kier alpha value is -2.67. The van der Waals surface area contributed by atoms with Gasteiger partial charge in [0.2, 0.25) is 0 Å². The summed E-state index contributed by atoms with van der Waals surface area (Å²) in [6.07, 6.45) is 2.89. The molecule has 7 heteroatoms. The summed E-state index contributed by atoms with van der Waals surface area (Å²) in [5.74, 6) is 0.800. The molecule has 0 bridgehead atoms. The number of rotatable bonds is 6. The van der Waals surface area contributed by atoms with Gasteiger partial charge < -0.3 is 15.4 Å². The predicted molar refractivity (Wildman–Crippen MR) is 118 cm³/mol. The molecule has 2 fully saturated rings. The van der Waals surface area contributed by atoms with Crippen LogP contribution in [0.1, 0.15) is 36.3 Å². The number of hydrogen-bond acceptors (Lipinski definition) is 3. The molecule has 2 unspecified atom stereocenters. The van der Waals surface area contributed by atoms with Gasteiger partial charge in [-0.15, -0.1) is 0 Å². The maximum atomic E-state index is 14.0. The first kappa shape index (κ1) is 21.6. The Labute approximate surface area is 182 Å². The van der Waals surface area contributed by atoms with Crippen molar-refractivity contribution in [2.45, 2.75) is 43.8 Å². The van der Waals surface area contributed by atoms with Crippen LogP contribution in [0.15, 0.2) is 47.5 Å². The fourth-order valence-corrected chi connectivity index (χ4v) is 4.32. The highest BCUT2D eigenvalue weighted by Crippen LogP contribution is 2.41. The zero-order valence-electron chi connectivity index (χ0n) is 18.1. The van der Waals surface area contributed by atoms with E-state index in [0.717, 1.165) is 56.0 Å². The van der Waals surface area contributed by atoms with Gasteiger partial charge in [0.25, 0.3) is 0 Å². The van der Waals surface area contributed by atoms with E-state index in [2.05, 4.69) is 20.5 Å². The third-order valence-corrected chi connectivity index (χ3v) is 6.19. The Morgan fingerprint density at radius 3 is 2.55 bits per heavy atom. The number of benzene rings is 2. The summed E-state index contributed by atoms with van der Waals surface area (Å²) in [6.45, 7) is 2.60. The lowest BCUT2D eigenvalue weighted by atomic mass is 10.0. The molecule has 0 spiro atoms. The molecule has 1 saturated carbocycles. The summed E-state index contributed by atoms with van der Waals surface area (Å²) in [7, 11) is 3.24. The molecule has 0 amide bonds. The molecule has 1 saturated heterocycles. The standard InChI is InChI=1S/C24H30F2N4O/c1-27-24(29-22-14-19(22)18-5-3-4-6-20(18)25)28-17-9-11-30(12-10-17)15-16-7-8-23(31-2)21(26)13-16/h3-8,13,17,19,22H,9-12,14-15H2,1-2H3,(H2,27,28,29). The van der Waals surface area contributed by atoms with E-state index in [1.54, 1.807) is 25.2 Å². The summed E-state index contributed by atoms with van der Waals surface area (Å²) in [5, 5.41) is 6.95. The first-order valence-corrected chi connectivity index (χ1v) is 10.9. The number of hydrogen-bond donors (Lipinski definition) is 2. The van der Waals surface area contributed by atoms with Crippen molar-refractivity contribution in [3.63, 3.8) is 0 Å². The van der Waals surface area contributed by atoms with Crippen molar-refractivity contribution < 1.29 is 13.5 Å². The topological polar surface area (TPSA) is 48.9 Å². The molecule has 0 aromatic heterocycles. The molecule has 2 atom stereocenters. The van der Waals surface area contributed by atoms with E-state index in [0.29, 0.717) is 6.04 Å². The SMILES string of the molecule is CN=C(NC1CCN(Cc2ccc(OC)c(F)c2)CC1)NC1CC1c1ccccc1F. The monoisotopic (exact) mass is 428 g/mol. The molecule has 0 radical (unpaired) electrons. The van der Waals surface area contributed by atoms with Crippen LogP contribution in [-0.4, -0.2) is 50.2 Å². The first-order valence-electron chi connectivity index (χ1n) is 10.9. The second kappa shape index (κ2) is 9.64. The average molecular weight is 429 g/mol. The Morgan fingerprint density at radius 2 is 1.87 bits per heavy atom. The lowest BCUT2D eigenvalue weighted by molar-refractivity contribution is 0.198. The fraction of sp³-hybridized carbons (Fsp3) is 0.458. The largest absolute Gasteiger partial charge is 0.494 e. The maximum Gasteiger partial charge on any atom is 0.191 e. The molecule has 1 aliphatic carbocycles. The summed E-state index contributed by atoms with van der Waals surface area (Å²) >= 11 is 0. The molecule has 2 N–H and O–H groups in total. The van der Waals surface area contributed by atoms with Gasteiger partial charge in [-0.25, -0.2) is 8.78 Å². The molecule has 2 aliphatic rings. The van der Waals surface area contributed by atoms with Gasteiger partial charge >= 0.3 is 0 Å². The Bertz CT molecular complexity index is 928. The number of nitrogens with one attached hydrogen (secondary N) is 2. The van der Waals surface area contributed by atoms with E-state index in [9.17, 15) is 8.78 Å². The number of halogens is 2. The van der Waals surface area contributed by atoms with Crippen LogP contribution >= 0.6 is 0 Å². The number of aliphatic imine (C=N–C) groups is 1. The maximum absolute atomic E-state index is 14.0. The highest BCUT2D eigenvalue weighted by molar-refractivity contribution is 5.80. The Morgan fingerprint density at radius 1 is 1.10 bits per heavy atom. The van der Waals surface area contributed by atoms with Crippen molar-refractivity contribution in [1.82, 2.24) is 15.5 Å². The molecule has 166 valence electrons. The number of nitrogens with zero attached hydrogens (tertiary/aromatic N) is 2. The van der Waals surface area contributed by atoms with E-state index >= 15 is 0 Å². The lowest BCUT2D eigenvalue weighted by Gasteiger charge is -2.33. The normalized spacial score (nSPS) is 22.3. The van der Waals surface area contributed by atoms with E-state index in [1.807, 2.05) is 18.2 Å². The van der Waals surface area contributed by atoms with Crippen LogP contribution in [0.5, 0.6) is 5.75 Å². The van der Waals surface area contributed by atoms with Gasteiger partial charge in [-0.05, 0) is 48.6 Å². The minimum absolute atomic E-state index is 0.135. The van der Waals surface area contributed by atoms with E-state index in [4.69, 9.17) is 4.74 Å². The van der Waals surface area contributed by atoms with E-state index < -0.39 is 0 Å². The summed E-state index contributed by atoms with van der Waals surface area (Å²) < 4.78 is 32.9. The summed E-state index contributed by atoms with van der Waals surface area (Å²) in [5.41, 5.74) is 1.73. The second-order valence-corrected chi connectivity index (χ2v) is 8.35. The van der Waals surface area contributed by atoms with E-state index in [-0.39, 0.29) is 29.3 Å². The lowest BCUT2D eigenvalue weighted by Crippen LogP contribution is -2.49. The average Bonchev–Trinajstić information content (AvgIpc) is 3.54. The van der Waals surface area contributed by atoms with Crippen LogP contribution in [0, 0.1) is 11.6 Å². The Balaban J connectivity index is 1.23. The zero-order valence-corrected chi connectivity index (χ0v) is 18.1. The molecule has 4 rings (SSSR count). The van der Waals surface area contributed by atoms with Crippen molar-refractivity contribution in [2.24, 2.45) is 4.99 Å². The highest BCUT2D eigenvalue weighted by atomic mass is 19.1. The quantitative estimate of drug-likeness (QED) is 0.545. The molecule has 2 aromatic rings. The molecule has 2 aromatic carbocycles. The van der Waals surface area contributed by atoms with Crippen LogP contribution < -0.4 is 15.4 Å². The van der Waals surface area contributed by atoms with Gasteiger partial charge in [0.05, 0.1) is 7.11 Å². The molecule has 1 heterocycles. The third-order valence-electron chi connectivity index (χ3n) is 6.19. The number of ether oxygens (including phenoxy) is 1. The van der Waals surface area contributed by atoms with Gasteiger partial charge in [0.15, 0.2) is 17.5 Å². The summed E-state index contributed by atoms with van der Waals surface area (Å²) in [6, 6.07) is 12.7. The van der Waals surface area contributed by atoms with Gasteiger partial charge in [-0.1, -0.05) is 24.3 Å². The van der Waals surface area contributed by atoms with Crippen LogP contribution in [0.25, 0.3) is 0 Å². The number of piperidine rings is 1. The molecule has 5 nitrogen and oxygen atoms in total. The van der Waals surface area contributed by atoms with Crippen LogP contribution in [0.2, 0.25) is 0 Å².